The van der Waals surface area contributed by atoms with Crippen LogP contribution in [-0.2, 0) is 16.6 Å². The van der Waals surface area contributed by atoms with Gasteiger partial charge in [0.15, 0.2) is 0 Å². The second-order valence-electron chi connectivity index (χ2n) is 6.12. The summed E-state index contributed by atoms with van der Waals surface area (Å²) >= 11 is 0. The monoisotopic (exact) mass is 377 g/mol. The lowest BCUT2D eigenvalue weighted by atomic mass is 9.99. The van der Waals surface area contributed by atoms with Gasteiger partial charge in [-0.1, -0.05) is 42.5 Å². The topological polar surface area (TPSA) is 85.6 Å². The average Bonchev–Trinajstić information content (AvgIpc) is 2.71. The molecule has 0 aliphatic carbocycles. The normalized spacial score (nSPS) is 11.4. The van der Waals surface area contributed by atoms with E-state index >= 15 is 0 Å². The first-order chi connectivity index (χ1) is 13.5. The van der Waals surface area contributed by atoms with Crippen molar-refractivity contribution in [2.24, 2.45) is 7.05 Å². The molecule has 0 saturated heterocycles. The van der Waals surface area contributed by atoms with Crippen LogP contribution < -0.4 is 5.56 Å². The van der Waals surface area contributed by atoms with Crippen molar-refractivity contribution < 1.29 is 19.4 Å². The van der Waals surface area contributed by atoms with E-state index in [-0.39, 0.29) is 12.2 Å². The number of Topliss-reactive ketones (excluding diaryl/α,β-unsaturated/α-hetero) is 1. The number of rotatable bonds is 5. The summed E-state index contributed by atoms with van der Waals surface area (Å²) in [5.41, 5.74) is -0.404. The number of hydrogen-bond acceptors (Lipinski definition) is 5. The van der Waals surface area contributed by atoms with Gasteiger partial charge >= 0.3 is 5.97 Å². The molecule has 2 aromatic carbocycles. The summed E-state index contributed by atoms with van der Waals surface area (Å²) in [6.45, 7) is 1.69. The predicted molar refractivity (Wildman–Crippen MR) is 106 cm³/mol. The Bertz CT molecular complexity index is 1140. The second-order valence-corrected chi connectivity index (χ2v) is 6.12. The third-order valence-electron chi connectivity index (χ3n) is 4.35. The standard InChI is InChI=1S/C22H19NO5/c1-3-28-22(27)16(13-14-9-5-4-6-10-14)20(25)18-19(24)15-11-7-8-12-17(15)23(2)21(18)26/h4-13,24H,3H2,1-2H3/b16-13-. The molecule has 1 heterocycles. The van der Waals surface area contributed by atoms with Gasteiger partial charge in [-0.25, -0.2) is 4.79 Å². The van der Waals surface area contributed by atoms with Crippen LogP contribution in [0.15, 0.2) is 65.0 Å². The Labute approximate surface area is 161 Å². The molecule has 0 aliphatic heterocycles. The van der Waals surface area contributed by atoms with Crippen molar-refractivity contribution in [3.05, 3.63) is 81.7 Å². The lowest BCUT2D eigenvalue weighted by molar-refractivity contribution is -0.137. The Morgan fingerprint density at radius 3 is 2.39 bits per heavy atom. The van der Waals surface area contributed by atoms with Crippen LogP contribution in [0, 0.1) is 0 Å². The van der Waals surface area contributed by atoms with Crippen LogP contribution >= 0.6 is 0 Å². The number of ether oxygens (including phenoxy) is 1. The Morgan fingerprint density at radius 2 is 1.71 bits per heavy atom. The molecule has 0 spiro atoms. The van der Waals surface area contributed by atoms with E-state index in [0.717, 1.165) is 0 Å². The number of pyridine rings is 1. The number of benzene rings is 2. The summed E-state index contributed by atoms with van der Waals surface area (Å²) in [5.74, 6) is -2.19. The molecule has 28 heavy (non-hydrogen) atoms. The van der Waals surface area contributed by atoms with E-state index in [9.17, 15) is 19.5 Å². The number of aryl methyl sites for hydroxylation is 1. The Kier molecular flexibility index (Phi) is 5.40. The number of fused-ring (bicyclic) bond motifs is 1. The summed E-state index contributed by atoms with van der Waals surface area (Å²) in [6.07, 6.45) is 1.36. The molecular weight excluding hydrogens is 358 g/mol. The van der Waals surface area contributed by atoms with Crippen LogP contribution in [0.1, 0.15) is 22.8 Å². The summed E-state index contributed by atoms with van der Waals surface area (Å²) in [7, 11) is 1.51. The summed E-state index contributed by atoms with van der Waals surface area (Å²) in [5, 5.41) is 11.0. The minimum absolute atomic E-state index is 0.0694. The molecule has 0 saturated carbocycles. The van der Waals surface area contributed by atoms with Gasteiger partial charge in [0.2, 0.25) is 5.78 Å². The summed E-state index contributed by atoms with van der Waals surface area (Å²) < 4.78 is 6.27. The van der Waals surface area contributed by atoms with E-state index in [2.05, 4.69) is 0 Å². The van der Waals surface area contributed by atoms with Crippen molar-refractivity contribution in [3.8, 4) is 5.75 Å². The fourth-order valence-corrected chi connectivity index (χ4v) is 2.96. The molecule has 0 unspecified atom stereocenters. The molecule has 0 aliphatic rings. The highest BCUT2D eigenvalue weighted by atomic mass is 16.5. The minimum Gasteiger partial charge on any atom is -0.506 e. The maximum absolute atomic E-state index is 13.2. The molecule has 0 fully saturated rings. The number of ketones is 1. The van der Waals surface area contributed by atoms with Crippen molar-refractivity contribution in [3.63, 3.8) is 0 Å². The number of nitrogens with zero attached hydrogens (tertiary/aromatic N) is 1. The molecule has 6 heteroatoms. The van der Waals surface area contributed by atoms with Crippen LogP contribution in [0.2, 0.25) is 0 Å². The molecular formula is C22H19NO5. The maximum atomic E-state index is 13.2. The van der Waals surface area contributed by atoms with E-state index in [4.69, 9.17) is 4.74 Å². The maximum Gasteiger partial charge on any atom is 0.342 e. The molecule has 1 N–H and O–H groups in total. The lowest BCUT2D eigenvalue weighted by Crippen LogP contribution is -2.28. The van der Waals surface area contributed by atoms with Gasteiger partial charge < -0.3 is 14.4 Å². The van der Waals surface area contributed by atoms with Gasteiger partial charge in [0.25, 0.3) is 5.56 Å². The number of esters is 1. The third kappa shape index (κ3) is 3.44. The number of aromatic hydroxyl groups is 1. The minimum atomic E-state index is -0.883. The van der Waals surface area contributed by atoms with Crippen LogP contribution in [0.4, 0.5) is 0 Å². The zero-order valence-corrected chi connectivity index (χ0v) is 15.5. The first-order valence-corrected chi connectivity index (χ1v) is 8.75. The first-order valence-electron chi connectivity index (χ1n) is 8.75. The molecule has 6 nitrogen and oxygen atoms in total. The Balaban J connectivity index is 2.23. The van der Waals surface area contributed by atoms with Crippen molar-refractivity contribution in [1.29, 1.82) is 0 Å². The van der Waals surface area contributed by atoms with Crippen molar-refractivity contribution in [2.45, 2.75) is 6.92 Å². The van der Waals surface area contributed by atoms with Crippen LogP contribution in [0.25, 0.3) is 17.0 Å². The Morgan fingerprint density at radius 1 is 1.07 bits per heavy atom. The van der Waals surface area contributed by atoms with Gasteiger partial charge in [-0.2, -0.15) is 0 Å². The molecule has 142 valence electrons. The van der Waals surface area contributed by atoms with Gasteiger partial charge in [-0.15, -0.1) is 0 Å². The SMILES string of the molecule is CCOC(=O)/C(=C\c1ccccc1)C(=O)c1c(O)c2ccccc2n(C)c1=O. The number of carbonyl (C=O) groups excluding carboxylic acids is 2. The number of hydrogen-bond donors (Lipinski definition) is 1. The molecule has 3 aromatic rings. The van der Waals surface area contributed by atoms with Gasteiger partial charge in [-0.05, 0) is 30.7 Å². The molecule has 1 aromatic heterocycles. The molecule has 0 radical (unpaired) electrons. The average molecular weight is 377 g/mol. The van der Waals surface area contributed by atoms with Crippen molar-refractivity contribution in [1.82, 2.24) is 4.57 Å². The van der Waals surface area contributed by atoms with E-state index < -0.39 is 28.6 Å². The van der Waals surface area contributed by atoms with Gasteiger partial charge in [-0.3, -0.25) is 9.59 Å². The van der Waals surface area contributed by atoms with E-state index in [1.54, 1.807) is 61.5 Å². The fourth-order valence-electron chi connectivity index (χ4n) is 2.96. The molecule has 0 atom stereocenters. The summed E-state index contributed by atoms with van der Waals surface area (Å²) in [4.78, 5) is 38.4. The number of para-hydroxylation sites is 1. The van der Waals surface area contributed by atoms with E-state index in [0.29, 0.717) is 16.5 Å². The zero-order chi connectivity index (χ0) is 20.3. The number of carbonyl (C=O) groups is 2. The third-order valence-corrected chi connectivity index (χ3v) is 4.35. The van der Waals surface area contributed by atoms with Crippen molar-refractivity contribution >= 4 is 28.7 Å². The summed E-state index contributed by atoms with van der Waals surface area (Å²) in [6, 6.07) is 15.4. The van der Waals surface area contributed by atoms with Crippen LogP contribution in [-0.4, -0.2) is 28.0 Å². The number of aromatic nitrogens is 1. The van der Waals surface area contributed by atoms with E-state index in [1.807, 2.05) is 0 Å². The van der Waals surface area contributed by atoms with Crippen LogP contribution in [0.5, 0.6) is 5.75 Å². The fraction of sp³-hybridized carbons (Fsp3) is 0.136. The molecule has 3 rings (SSSR count). The van der Waals surface area contributed by atoms with Gasteiger partial charge in [0.1, 0.15) is 16.9 Å². The largest absolute Gasteiger partial charge is 0.506 e. The first kappa shape index (κ1) is 19.1. The van der Waals surface area contributed by atoms with Gasteiger partial charge in [0.05, 0.1) is 12.1 Å². The van der Waals surface area contributed by atoms with Crippen molar-refractivity contribution in [2.75, 3.05) is 6.61 Å². The highest BCUT2D eigenvalue weighted by molar-refractivity contribution is 6.28. The molecule has 0 amide bonds. The highest BCUT2D eigenvalue weighted by Gasteiger charge is 2.28. The van der Waals surface area contributed by atoms with Crippen LogP contribution in [0.3, 0.4) is 0 Å². The second kappa shape index (κ2) is 7.92. The predicted octanol–water partition coefficient (Wildman–Crippen LogP) is 3.07. The Hall–Kier alpha value is -3.67. The molecule has 0 bridgehead atoms. The quantitative estimate of drug-likeness (QED) is 0.243. The lowest BCUT2D eigenvalue weighted by Gasteiger charge is -2.12. The van der Waals surface area contributed by atoms with Gasteiger partial charge in [0, 0.05) is 12.4 Å². The highest BCUT2D eigenvalue weighted by Crippen LogP contribution is 2.28. The zero-order valence-electron chi connectivity index (χ0n) is 15.5. The smallest absolute Gasteiger partial charge is 0.342 e. The van der Waals surface area contributed by atoms with E-state index in [1.165, 1.54) is 17.7 Å².